The molecular weight excluding hydrogens is 336 g/mol. The van der Waals surface area contributed by atoms with Crippen molar-refractivity contribution in [2.75, 3.05) is 20.5 Å². The van der Waals surface area contributed by atoms with Crippen molar-refractivity contribution in [2.24, 2.45) is 20.5 Å². The second kappa shape index (κ2) is 5.60. The molecule has 0 saturated carbocycles. The quantitative estimate of drug-likeness (QED) is 0.796. The first-order valence-electron chi connectivity index (χ1n) is 6.81. The smallest absolute Gasteiger partial charge is 0.376 e. The van der Waals surface area contributed by atoms with Crippen molar-refractivity contribution < 1.29 is 19.1 Å². The molecule has 24 heavy (non-hydrogen) atoms. The molecule has 0 unspecified atom stereocenters. The Balaban J connectivity index is 2.27. The molecule has 0 amide bonds. The van der Waals surface area contributed by atoms with Gasteiger partial charge < -0.3 is 9.47 Å². The van der Waals surface area contributed by atoms with E-state index in [2.05, 4.69) is 30.8 Å². The highest BCUT2D eigenvalue weighted by Gasteiger charge is 2.71. The Bertz CT molecular complexity index is 725. The summed E-state index contributed by atoms with van der Waals surface area (Å²) < 4.78 is 9.61. The fourth-order valence-electron chi connectivity index (χ4n) is 2.61. The lowest BCUT2D eigenvalue weighted by Crippen LogP contribution is -2.73. The monoisotopic (exact) mass is 350 g/mol. The standard InChI is InChI=1S/C13H14N6O4S/c1-22-9(20)11-12(24-3,8-6-4-5-7-14-8)15-13(18-16-11,19-17-11)10(21)23-2/h4-7,15H,1-3H3/t11?,12-,13?/m0/s1. The van der Waals surface area contributed by atoms with Crippen LogP contribution in [0.25, 0.3) is 0 Å². The molecule has 0 aromatic carbocycles. The zero-order chi connectivity index (χ0) is 17.4. The van der Waals surface area contributed by atoms with Gasteiger partial charge in [0, 0.05) is 6.20 Å². The molecule has 0 radical (unpaired) electrons. The van der Waals surface area contributed by atoms with E-state index < -0.39 is 28.3 Å². The number of hydrogen-bond acceptors (Lipinski definition) is 11. The number of esters is 2. The van der Waals surface area contributed by atoms with Crippen LogP contribution in [-0.4, -0.2) is 48.8 Å². The van der Waals surface area contributed by atoms with Gasteiger partial charge >= 0.3 is 23.4 Å². The minimum atomic E-state index is -1.87. The van der Waals surface area contributed by atoms with Crippen LogP contribution in [0.1, 0.15) is 5.69 Å². The lowest BCUT2D eigenvalue weighted by atomic mass is 9.93. The summed E-state index contributed by atoms with van der Waals surface area (Å²) >= 11 is 1.19. The molecule has 0 saturated heterocycles. The number of carbonyl (C=O) groups excluding carboxylic acids is 2. The third-order valence-corrected chi connectivity index (χ3v) is 5.00. The minimum Gasteiger partial charge on any atom is -0.466 e. The van der Waals surface area contributed by atoms with Gasteiger partial charge in [0.15, 0.2) is 4.87 Å². The van der Waals surface area contributed by atoms with Crippen LogP contribution >= 0.6 is 11.8 Å². The first-order chi connectivity index (χ1) is 11.5. The van der Waals surface area contributed by atoms with Gasteiger partial charge in [-0.05, 0) is 18.4 Å². The molecular formula is C13H14N6O4S. The maximum atomic E-state index is 12.5. The topological polar surface area (TPSA) is 127 Å². The molecule has 3 aliphatic rings. The van der Waals surface area contributed by atoms with E-state index in [1.54, 1.807) is 30.7 Å². The van der Waals surface area contributed by atoms with E-state index in [1.807, 2.05) is 0 Å². The molecule has 10 nitrogen and oxygen atoms in total. The van der Waals surface area contributed by atoms with Crippen LogP contribution in [0.3, 0.4) is 0 Å². The number of nitrogens with zero attached hydrogens (tertiary/aromatic N) is 5. The average Bonchev–Trinajstić information content (AvgIpc) is 2.67. The van der Waals surface area contributed by atoms with E-state index in [4.69, 9.17) is 9.47 Å². The Morgan fingerprint density at radius 3 is 2.25 bits per heavy atom. The van der Waals surface area contributed by atoms with Crippen molar-refractivity contribution in [1.29, 1.82) is 0 Å². The molecule has 1 atom stereocenters. The number of thioether (sulfide) groups is 1. The molecule has 0 aliphatic carbocycles. The Morgan fingerprint density at radius 1 is 1.08 bits per heavy atom. The number of carbonyl (C=O) groups is 2. The lowest BCUT2D eigenvalue weighted by Gasteiger charge is -2.49. The highest BCUT2D eigenvalue weighted by Crippen LogP contribution is 2.52. The van der Waals surface area contributed by atoms with Gasteiger partial charge in [-0.2, -0.15) is 0 Å². The molecule has 0 fully saturated rings. The van der Waals surface area contributed by atoms with Gasteiger partial charge in [0.05, 0.1) is 19.9 Å². The van der Waals surface area contributed by atoms with Gasteiger partial charge in [-0.1, -0.05) is 6.07 Å². The van der Waals surface area contributed by atoms with E-state index in [9.17, 15) is 9.59 Å². The summed E-state index contributed by atoms with van der Waals surface area (Å²) in [4.78, 5) is 27.6. The Morgan fingerprint density at radius 2 is 1.75 bits per heavy atom. The van der Waals surface area contributed by atoms with Crippen molar-refractivity contribution in [2.45, 2.75) is 16.3 Å². The van der Waals surface area contributed by atoms with Gasteiger partial charge in [0.25, 0.3) is 0 Å². The lowest BCUT2D eigenvalue weighted by molar-refractivity contribution is -0.161. The fraction of sp³-hybridized carbons (Fsp3) is 0.462. The number of ether oxygens (including phenoxy) is 2. The predicted octanol–water partition coefficient (Wildman–Crippen LogP) is 0.815. The molecule has 1 aromatic rings. The molecule has 0 spiro atoms. The largest absolute Gasteiger partial charge is 0.466 e. The van der Waals surface area contributed by atoms with E-state index in [1.165, 1.54) is 26.0 Å². The van der Waals surface area contributed by atoms with E-state index in [0.717, 1.165) is 0 Å². The Labute approximate surface area is 141 Å². The molecule has 4 rings (SSSR count). The second-order valence-corrected chi connectivity index (χ2v) is 5.97. The van der Waals surface area contributed by atoms with Crippen molar-refractivity contribution in [3.05, 3.63) is 30.1 Å². The van der Waals surface area contributed by atoms with Crippen LogP contribution in [0.4, 0.5) is 0 Å². The summed E-state index contributed by atoms with van der Waals surface area (Å²) in [5.41, 5.74) is -1.42. The molecule has 4 heterocycles. The predicted molar refractivity (Wildman–Crippen MR) is 81.8 cm³/mol. The molecule has 1 aromatic heterocycles. The number of fused-ring (bicyclic) bond motifs is 1. The Hall–Kier alpha value is -2.40. The summed E-state index contributed by atoms with van der Waals surface area (Å²) in [5, 5.41) is 18.7. The van der Waals surface area contributed by atoms with Crippen LogP contribution in [0.5, 0.6) is 0 Å². The van der Waals surface area contributed by atoms with Crippen molar-refractivity contribution >= 4 is 23.7 Å². The second-order valence-electron chi connectivity index (χ2n) is 4.95. The highest BCUT2D eigenvalue weighted by atomic mass is 32.2. The first kappa shape index (κ1) is 16.5. The van der Waals surface area contributed by atoms with Gasteiger partial charge in [-0.3, -0.25) is 4.98 Å². The summed E-state index contributed by atoms with van der Waals surface area (Å²) in [6, 6.07) is 5.15. The van der Waals surface area contributed by atoms with Crippen LogP contribution < -0.4 is 5.32 Å². The summed E-state index contributed by atoms with van der Waals surface area (Å²) in [6.45, 7) is 0. The molecule has 126 valence electrons. The third kappa shape index (κ3) is 1.91. The molecule has 11 heteroatoms. The van der Waals surface area contributed by atoms with Crippen molar-refractivity contribution in [3.63, 3.8) is 0 Å². The van der Waals surface area contributed by atoms with Crippen LogP contribution in [0.2, 0.25) is 0 Å². The maximum absolute atomic E-state index is 12.5. The molecule has 1 N–H and O–H groups in total. The number of azo groups is 2. The zero-order valence-corrected chi connectivity index (χ0v) is 13.9. The van der Waals surface area contributed by atoms with Crippen molar-refractivity contribution in [3.8, 4) is 0 Å². The highest BCUT2D eigenvalue weighted by molar-refractivity contribution is 7.99. The van der Waals surface area contributed by atoms with Crippen LogP contribution in [-0.2, 0) is 23.9 Å². The van der Waals surface area contributed by atoms with Gasteiger partial charge in [0.1, 0.15) is 0 Å². The maximum Gasteiger partial charge on any atom is 0.376 e. The zero-order valence-electron chi connectivity index (χ0n) is 13.1. The van der Waals surface area contributed by atoms with E-state index in [0.29, 0.717) is 5.69 Å². The van der Waals surface area contributed by atoms with Crippen molar-refractivity contribution in [1.82, 2.24) is 10.3 Å². The number of pyridine rings is 1. The molecule has 3 aliphatic heterocycles. The SMILES string of the molecule is COC(=O)C12N=NC(C(=O)OC)(N=N1)[C@@](SC)(c1ccccn1)N2. The minimum absolute atomic E-state index is 0.425. The first-order valence-corrected chi connectivity index (χ1v) is 8.04. The van der Waals surface area contributed by atoms with Gasteiger partial charge in [-0.15, -0.1) is 32.2 Å². The number of hydrogen-bond donors (Lipinski definition) is 1. The van der Waals surface area contributed by atoms with Gasteiger partial charge in [0.2, 0.25) is 0 Å². The van der Waals surface area contributed by atoms with Gasteiger partial charge in [-0.25, -0.2) is 14.9 Å². The number of aromatic nitrogens is 1. The number of nitrogens with one attached hydrogen (secondary N) is 1. The van der Waals surface area contributed by atoms with Crippen LogP contribution in [0, 0.1) is 0 Å². The Kier molecular flexibility index (Phi) is 3.84. The molecule has 2 bridgehead atoms. The third-order valence-electron chi connectivity index (χ3n) is 3.79. The summed E-state index contributed by atoms with van der Waals surface area (Å²) in [6.07, 6.45) is 3.28. The number of methoxy groups -OCH3 is 2. The van der Waals surface area contributed by atoms with E-state index in [-0.39, 0.29) is 0 Å². The summed E-state index contributed by atoms with van der Waals surface area (Å²) in [7, 11) is 2.41. The summed E-state index contributed by atoms with van der Waals surface area (Å²) in [5.74, 6) is -3.45. The number of rotatable bonds is 4. The van der Waals surface area contributed by atoms with E-state index >= 15 is 0 Å². The fourth-order valence-corrected chi connectivity index (χ4v) is 3.63. The average molecular weight is 350 g/mol. The normalized spacial score (nSPS) is 33.3. The van der Waals surface area contributed by atoms with Crippen LogP contribution in [0.15, 0.2) is 44.9 Å².